The van der Waals surface area contributed by atoms with Crippen LogP contribution in [0.4, 0.5) is 20.5 Å². The van der Waals surface area contributed by atoms with Crippen molar-refractivity contribution in [2.24, 2.45) is 16.9 Å². The molecule has 2 heterocycles. The zero-order valence-corrected chi connectivity index (χ0v) is 17.9. The Balaban J connectivity index is 1.63. The van der Waals surface area contributed by atoms with Crippen LogP contribution in [0.2, 0.25) is 5.02 Å². The standard InChI is InChI=1S/C20H22ClF2N6.Co/c21-13-3-1-2-12(8-13)16-14(10-24)27-18(28-17(16)26)29-6-4-19(5-7-29)11-20(22,23)9-15(19)25;/h1-3,15H,4-7,9,11,24-25H2,(H2,26,27,28);/q-1;/t15-;/m1./s1. The van der Waals surface area contributed by atoms with Gasteiger partial charge in [0, 0.05) is 0 Å². The fourth-order valence-electron chi connectivity index (χ4n) is 4.58. The van der Waals surface area contributed by atoms with E-state index in [-0.39, 0.29) is 23.2 Å². The summed E-state index contributed by atoms with van der Waals surface area (Å²) < 4.78 is 28.0. The third-order valence-electron chi connectivity index (χ3n) is 6.13. The summed E-state index contributed by atoms with van der Waals surface area (Å²) in [5.41, 5.74) is 19.3. The molecule has 1 spiro atoms. The molecule has 0 unspecified atom stereocenters. The number of rotatable bonds is 3. The minimum absolute atomic E-state index is 0.163. The summed E-state index contributed by atoms with van der Waals surface area (Å²) in [5, 5.41) is 0.421. The molecule has 1 aromatic carbocycles. The van der Waals surface area contributed by atoms with Crippen LogP contribution in [-0.2, 0) is 15.3 Å². The molecule has 1 saturated carbocycles. The third-order valence-corrected chi connectivity index (χ3v) is 6.59. The molecule has 1 saturated heterocycles. The van der Waals surface area contributed by atoms with Gasteiger partial charge in [-0.05, 0) is 0 Å². The number of aromatic nitrogens is 2. The second-order valence-corrected chi connectivity index (χ2v) is 9.03. The molecule has 0 amide bonds. The van der Waals surface area contributed by atoms with Crippen molar-refractivity contribution >= 4 is 27.9 Å². The average molecular weight is 479 g/mol. The molecule has 6 N–H and O–H groups in total. The molecule has 1 aliphatic carbocycles. The molecular formula is C20H22ClCoF2N6-. The summed E-state index contributed by atoms with van der Waals surface area (Å²) in [7, 11) is 0. The van der Waals surface area contributed by atoms with Gasteiger partial charge in [0.25, 0.3) is 0 Å². The fourth-order valence-corrected chi connectivity index (χ4v) is 4.94. The van der Waals surface area contributed by atoms with Gasteiger partial charge in [-0.2, -0.15) is 0 Å². The molecule has 30 heavy (non-hydrogen) atoms. The van der Waals surface area contributed by atoms with Gasteiger partial charge in [-0.15, -0.1) is 0 Å². The summed E-state index contributed by atoms with van der Waals surface area (Å²) in [4.78, 5) is 11.0. The van der Waals surface area contributed by atoms with Crippen molar-refractivity contribution in [1.29, 1.82) is 0 Å². The predicted molar refractivity (Wildman–Crippen MR) is 110 cm³/mol. The maximum atomic E-state index is 13.9. The minimum atomic E-state index is -2.69. The summed E-state index contributed by atoms with van der Waals surface area (Å²) in [6, 6.07) is 7.76. The molecule has 4 rings (SSSR count). The molecule has 6 nitrogen and oxygen atoms in total. The number of piperidine rings is 1. The van der Waals surface area contributed by atoms with E-state index in [1.807, 2.05) is 4.90 Å². The van der Waals surface area contributed by atoms with Crippen LogP contribution in [0.15, 0.2) is 18.2 Å². The SMILES string of the molecule is N[C](=[Co])c1nc(N2CCC3(CC2)CC(F)(F)C[C@H]3N)nc(N)c1-c1[c-]c(Cl)ccc1. The molecule has 1 atom stereocenters. The first-order chi connectivity index (χ1) is 14.1. The van der Waals surface area contributed by atoms with E-state index < -0.39 is 17.4 Å². The number of benzene rings is 1. The summed E-state index contributed by atoms with van der Waals surface area (Å²) in [6.45, 7) is 1.02. The number of halogens is 3. The maximum absolute atomic E-state index is 13.9. The first kappa shape index (κ1) is 21.6. The monoisotopic (exact) mass is 478 g/mol. The Morgan fingerprint density at radius 3 is 2.53 bits per heavy atom. The van der Waals surface area contributed by atoms with E-state index in [9.17, 15) is 8.78 Å². The number of hydrogen-bond acceptors (Lipinski definition) is 6. The Morgan fingerprint density at radius 2 is 1.97 bits per heavy atom. The number of nitrogens with two attached hydrogens (primary N) is 3. The van der Waals surface area contributed by atoms with Crippen molar-refractivity contribution in [2.45, 2.75) is 37.6 Å². The molecule has 1 aliphatic heterocycles. The molecule has 2 aromatic rings. The molecule has 2 aliphatic rings. The van der Waals surface area contributed by atoms with Crippen LogP contribution in [0.1, 0.15) is 31.4 Å². The van der Waals surface area contributed by atoms with Crippen LogP contribution in [0.25, 0.3) is 11.1 Å². The van der Waals surface area contributed by atoms with Crippen LogP contribution in [0.5, 0.6) is 0 Å². The van der Waals surface area contributed by atoms with Crippen molar-refractivity contribution in [3.8, 4) is 11.1 Å². The van der Waals surface area contributed by atoms with Crippen LogP contribution >= 0.6 is 11.6 Å². The number of hydrogen-bond donors (Lipinski definition) is 3. The second kappa shape index (κ2) is 7.80. The summed E-state index contributed by atoms with van der Waals surface area (Å²) >= 11 is 10.4. The van der Waals surface area contributed by atoms with Crippen LogP contribution in [-0.4, -0.2) is 39.6 Å². The topological polar surface area (TPSA) is 107 Å². The Hall–Kier alpha value is -1.65. The van der Waals surface area contributed by atoms with E-state index in [1.54, 1.807) is 18.2 Å². The van der Waals surface area contributed by atoms with Gasteiger partial charge in [0.1, 0.15) is 0 Å². The zero-order chi connectivity index (χ0) is 21.7. The number of alkyl halides is 2. The molecule has 163 valence electrons. The molecule has 10 heteroatoms. The van der Waals surface area contributed by atoms with Gasteiger partial charge in [0.15, 0.2) is 0 Å². The van der Waals surface area contributed by atoms with E-state index in [0.29, 0.717) is 53.7 Å². The molecule has 0 radical (unpaired) electrons. The van der Waals surface area contributed by atoms with Crippen LogP contribution < -0.4 is 22.1 Å². The number of nitrogens with zero attached hydrogens (tertiary/aromatic N) is 3. The van der Waals surface area contributed by atoms with E-state index >= 15 is 0 Å². The molecular weight excluding hydrogens is 457 g/mol. The molecule has 0 bridgehead atoms. The Morgan fingerprint density at radius 1 is 1.27 bits per heavy atom. The van der Waals surface area contributed by atoms with Gasteiger partial charge >= 0.3 is 186 Å². The normalized spacial score (nSPS) is 22.5. The fraction of sp³-hybridized carbons (Fsp3) is 0.450. The quantitative estimate of drug-likeness (QED) is 0.585. The van der Waals surface area contributed by atoms with Crippen LogP contribution in [0, 0.1) is 11.5 Å². The third kappa shape index (κ3) is 3.96. The van der Waals surface area contributed by atoms with Gasteiger partial charge in [0.05, 0.1) is 0 Å². The summed E-state index contributed by atoms with van der Waals surface area (Å²) in [5.74, 6) is -2.09. The van der Waals surface area contributed by atoms with Crippen molar-refractivity contribution in [2.75, 3.05) is 23.7 Å². The van der Waals surface area contributed by atoms with Gasteiger partial charge in [-0.1, -0.05) is 0 Å². The van der Waals surface area contributed by atoms with Crippen LogP contribution in [0.3, 0.4) is 0 Å². The summed E-state index contributed by atoms with van der Waals surface area (Å²) in [6.07, 6.45) is 0.678. The van der Waals surface area contributed by atoms with Crippen molar-refractivity contribution < 1.29 is 24.1 Å². The van der Waals surface area contributed by atoms with E-state index in [2.05, 4.69) is 31.3 Å². The van der Waals surface area contributed by atoms with Gasteiger partial charge in [-0.3, -0.25) is 0 Å². The van der Waals surface area contributed by atoms with Crippen molar-refractivity contribution in [1.82, 2.24) is 9.97 Å². The Kier molecular flexibility index (Phi) is 5.61. The average Bonchev–Trinajstić information content (AvgIpc) is 2.89. The van der Waals surface area contributed by atoms with Crippen molar-refractivity contribution in [3.63, 3.8) is 0 Å². The first-order valence-electron chi connectivity index (χ1n) is 9.60. The van der Waals surface area contributed by atoms with Gasteiger partial charge in [0.2, 0.25) is 0 Å². The Bertz CT molecular complexity index is 993. The number of anilines is 2. The molecule has 2 fully saturated rings. The van der Waals surface area contributed by atoms with E-state index in [0.717, 1.165) is 0 Å². The number of nitrogen functional groups attached to an aromatic ring is 1. The van der Waals surface area contributed by atoms with Crippen molar-refractivity contribution in [3.05, 3.63) is 35.0 Å². The Labute approximate surface area is 186 Å². The second-order valence-electron chi connectivity index (χ2n) is 8.06. The van der Waals surface area contributed by atoms with Gasteiger partial charge in [-0.25, -0.2) is 0 Å². The zero-order valence-electron chi connectivity index (χ0n) is 16.1. The first-order valence-corrected chi connectivity index (χ1v) is 10.5. The molecule has 1 aromatic heterocycles. The van der Waals surface area contributed by atoms with E-state index in [4.69, 9.17) is 28.8 Å². The predicted octanol–water partition coefficient (Wildman–Crippen LogP) is 2.51. The van der Waals surface area contributed by atoms with E-state index in [1.165, 1.54) is 0 Å². The van der Waals surface area contributed by atoms with Gasteiger partial charge < -0.3 is 0 Å².